The highest BCUT2D eigenvalue weighted by Crippen LogP contribution is 2.45. The van der Waals surface area contributed by atoms with Crippen molar-refractivity contribution < 1.29 is 42.7 Å². The summed E-state index contributed by atoms with van der Waals surface area (Å²) in [6, 6.07) is 10.2. The number of hydrogen-bond acceptors (Lipinski definition) is 10. The van der Waals surface area contributed by atoms with Crippen LogP contribution in [0.5, 0.6) is 17.2 Å². The molecule has 1 aliphatic heterocycles. The Labute approximate surface area is 214 Å². The lowest BCUT2D eigenvalue weighted by atomic mass is 9.89. The Balaban J connectivity index is 2.00. The largest absolute Gasteiger partial charge is 0.497 e. The number of benzene rings is 2. The van der Waals surface area contributed by atoms with Crippen molar-refractivity contribution in [2.24, 2.45) is 0 Å². The number of fused-ring (bicyclic) bond motifs is 1. The molecule has 0 spiro atoms. The molecule has 1 saturated heterocycles. The third-order valence-corrected chi connectivity index (χ3v) is 6.70. The van der Waals surface area contributed by atoms with Crippen molar-refractivity contribution >= 4 is 11.0 Å². The summed E-state index contributed by atoms with van der Waals surface area (Å²) >= 11 is 0. The SMILES string of the molecule is COc1ccc(-c2cc(=O)c3c(OC)cc(OC)c(C4OC(CO)[C@@H](OC)C(OC)[C@H]4OC)c3o2)cc1. The Morgan fingerprint density at radius 1 is 0.811 bits per heavy atom. The Hall–Kier alpha value is -3.15. The molecule has 3 unspecified atom stereocenters. The van der Waals surface area contributed by atoms with Gasteiger partial charge in [-0.3, -0.25) is 4.79 Å². The molecule has 0 amide bonds. The number of ether oxygens (including phenoxy) is 7. The van der Waals surface area contributed by atoms with Crippen LogP contribution in [0.2, 0.25) is 0 Å². The zero-order valence-corrected chi connectivity index (χ0v) is 21.7. The molecule has 1 N–H and O–H groups in total. The summed E-state index contributed by atoms with van der Waals surface area (Å²) in [6.45, 7) is -0.331. The van der Waals surface area contributed by atoms with Crippen LogP contribution >= 0.6 is 0 Å². The first kappa shape index (κ1) is 26.9. The van der Waals surface area contributed by atoms with Gasteiger partial charge < -0.3 is 42.7 Å². The smallest absolute Gasteiger partial charge is 0.197 e. The van der Waals surface area contributed by atoms with Crippen LogP contribution in [0.1, 0.15) is 11.7 Å². The third kappa shape index (κ3) is 4.78. The molecular weight excluding hydrogens is 484 g/mol. The second-order valence-corrected chi connectivity index (χ2v) is 8.48. The van der Waals surface area contributed by atoms with Crippen LogP contribution in [0.25, 0.3) is 22.3 Å². The number of rotatable bonds is 9. The predicted octanol–water partition coefficient (Wildman–Crippen LogP) is 2.96. The van der Waals surface area contributed by atoms with Gasteiger partial charge in [-0.15, -0.1) is 0 Å². The quantitative estimate of drug-likeness (QED) is 0.455. The van der Waals surface area contributed by atoms with Gasteiger partial charge in [0.1, 0.15) is 58.9 Å². The molecule has 10 nitrogen and oxygen atoms in total. The minimum absolute atomic E-state index is 0.212. The third-order valence-electron chi connectivity index (χ3n) is 6.70. The highest BCUT2D eigenvalue weighted by Gasteiger charge is 2.49. The Kier molecular flexibility index (Phi) is 8.35. The Morgan fingerprint density at radius 3 is 2.00 bits per heavy atom. The van der Waals surface area contributed by atoms with E-state index in [2.05, 4.69) is 0 Å². The lowest BCUT2D eigenvalue weighted by Gasteiger charge is -2.45. The van der Waals surface area contributed by atoms with Crippen molar-refractivity contribution in [1.82, 2.24) is 0 Å². The van der Waals surface area contributed by atoms with E-state index in [1.807, 2.05) is 0 Å². The van der Waals surface area contributed by atoms with Crippen molar-refractivity contribution in [3.8, 4) is 28.6 Å². The van der Waals surface area contributed by atoms with Crippen LogP contribution in [-0.2, 0) is 18.9 Å². The van der Waals surface area contributed by atoms with Crippen molar-refractivity contribution in [2.75, 3.05) is 49.3 Å². The monoisotopic (exact) mass is 516 g/mol. The zero-order chi connectivity index (χ0) is 26.7. The van der Waals surface area contributed by atoms with Crippen LogP contribution in [0.3, 0.4) is 0 Å². The molecule has 200 valence electrons. The van der Waals surface area contributed by atoms with Gasteiger partial charge in [-0.05, 0) is 24.3 Å². The van der Waals surface area contributed by atoms with Crippen molar-refractivity contribution in [1.29, 1.82) is 0 Å². The maximum atomic E-state index is 13.4. The molecule has 1 fully saturated rings. The fraction of sp³-hybridized carbons (Fsp3) is 0.444. The van der Waals surface area contributed by atoms with E-state index >= 15 is 0 Å². The van der Waals surface area contributed by atoms with Gasteiger partial charge in [0.05, 0.1) is 33.5 Å². The number of hydrogen-bond donors (Lipinski definition) is 1. The fourth-order valence-corrected chi connectivity index (χ4v) is 4.90. The molecule has 2 heterocycles. The molecule has 5 atom stereocenters. The second kappa shape index (κ2) is 11.5. The summed E-state index contributed by atoms with van der Waals surface area (Å²) in [7, 11) is 9.11. The lowest BCUT2D eigenvalue weighted by molar-refractivity contribution is -0.250. The molecule has 1 aliphatic rings. The van der Waals surface area contributed by atoms with Gasteiger partial charge in [0.25, 0.3) is 0 Å². The van der Waals surface area contributed by atoms with E-state index in [-0.39, 0.29) is 28.8 Å². The summed E-state index contributed by atoms with van der Waals surface area (Å²) in [5.74, 6) is 1.64. The van der Waals surface area contributed by atoms with E-state index in [9.17, 15) is 9.90 Å². The lowest BCUT2D eigenvalue weighted by Crippen LogP contribution is -2.57. The first-order valence-corrected chi connectivity index (χ1v) is 11.7. The maximum Gasteiger partial charge on any atom is 0.197 e. The molecule has 10 heteroatoms. The van der Waals surface area contributed by atoms with E-state index in [1.165, 1.54) is 41.6 Å². The van der Waals surface area contributed by atoms with Crippen LogP contribution in [0.4, 0.5) is 0 Å². The average molecular weight is 517 g/mol. The van der Waals surface area contributed by atoms with Gasteiger partial charge in [0.2, 0.25) is 0 Å². The van der Waals surface area contributed by atoms with E-state index < -0.39 is 30.5 Å². The molecular formula is C27H32O10. The van der Waals surface area contributed by atoms with Crippen molar-refractivity contribution in [3.05, 3.63) is 52.2 Å². The molecule has 2 aromatic carbocycles. The molecule has 37 heavy (non-hydrogen) atoms. The van der Waals surface area contributed by atoms with Gasteiger partial charge in [0, 0.05) is 39.0 Å². The van der Waals surface area contributed by atoms with Gasteiger partial charge in [-0.2, -0.15) is 0 Å². The molecule has 0 aliphatic carbocycles. The molecule has 0 saturated carbocycles. The van der Waals surface area contributed by atoms with Gasteiger partial charge in [-0.25, -0.2) is 0 Å². The summed E-state index contributed by atoms with van der Waals surface area (Å²) in [6.07, 6.45) is -3.50. The molecule has 0 bridgehead atoms. The Bertz CT molecular complexity index is 1270. The standard InChI is InChI=1S/C27H32O10/c1-30-15-9-7-14(8-10-15)17-11-16(29)21-18(31-2)12-19(32-3)22(24(21)36-17)25-27(35-6)26(34-5)23(33-4)20(13-28)37-25/h7-12,20,23,25-28H,13H2,1-6H3/t20?,23-,25?,26?,27+/m1/s1. The maximum absolute atomic E-state index is 13.4. The first-order valence-electron chi connectivity index (χ1n) is 11.7. The molecule has 4 rings (SSSR count). The Morgan fingerprint density at radius 2 is 1.46 bits per heavy atom. The topological polar surface area (TPSA) is 115 Å². The van der Waals surface area contributed by atoms with Gasteiger partial charge in [-0.1, -0.05) is 0 Å². The van der Waals surface area contributed by atoms with E-state index in [0.717, 1.165) is 0 Å². The minimum Gasteiger partial charge on any atom is -0.497 e. The number of aliphatic hydroxyl groups is 1. The van der Waals surface area contributed by atoms with Gasteiger partial charge >= 0.3 is 0 Å². The highest BCUT2D eigenvalue weighted by atomic mass is 16.6. The zero-order valence-electron chi connectivity index (χ0n) is 21.7. The van der Waals surface area contributed by atoms with Crippen LogP contribution in [0, 0.1) is 0 Å². The minimum atomic E-state index is -0.851. The van der Waals surface area contributed by atoms with Crippen molar-refractivity contribution in [3.63, 3.8) is 0 Å². The number of aliphatic hydroxyl groups excluding tert-OH is 1. The van der Waals surface area contributed by atoms with Gasteiger partial charge in [0.15, 0.2) is 11.0 Å². The van der Waals surface area contributed by atoms with Crippen LogP contribution in [0.15, 0.2) is 45.6 Å². The second-order valence-electron chi connectivity index (χ2n) is 8.48. The molecule has 3 aromatic rings. The molecule has 0 radical (unpaired) electrons. The number of methoxy groups -OCH3 is 6. The predicted molar refractivity (Wildman–Crippen MR) is 135 cm³/mol. The summed E-state index contributed by atoms with van der Waals surface area (Å²) in [5, 5.41) is 10.3. The average Bonchev–Trinajstić information content (AvgIpc) is 2.94. The molecule has 1 aromatic heterocycles. The van der Waals surface area contributed by atoms with E-state index in [4.69, 9.17) is 37.6 Å². The van der Waals surface area contributed by atoms with Crippen LogP contribution in [-0.4, -0.2) is 78.8 Å². The van der Waals surface area contributed by atoms with E-state index in [0.29, 0.717) is 28.4 Å². The van der Waals surface area contributed by atoms with Crippen LogP contribution < -0.4 is 19.6 Å². The normalized spacial score (nSPS) is 23.7. The summed E-state index contributed by atoms with van der Waals surface area (Å²) in [5.41, 5.74) is 0.994. The first-order chi connectivity index (χ1) is 18.0. The van der Waals surface area contributed by atoms with E-state index in [1.54, 1.807) is 37.4 Å². The summed E-state index contributed by atoms with van der Waals surface area (Å²) in [4.78, 5) is 13.4. The highest BCUT2D eigenvalue weighted by molar-refractivity contribution is 5.90. The summed E-state index contributed by atoms with van der Waals surface area (Å²) < 4.78 is 46.4. The van der Waals surface area contributed by atoms with Crippen molar-refractivity contribution in [2.45, 2.75) is 30.5 Å². The fourth-order valence-electron chi connectivity index (χ4n) is 4.90.